The van der Waals surface area contributed by atoms with Gasteiger partial charge < -0.3 is 15.4 Å². The van der Waals surface area contributed by atoms with Crippen molar-refractivity contribution in [2.24, 2.45) is 0 Å². The number of nitrogens with zero attached hydrogens (tertiary/aromatic N) is 2. The van der Waals surface area contributed by atoms with Gasteiger partial charge in [0.2, 0.25) is 5.95 Å². The summed E-state index contributed by atoms with van der Waals surface area (Å²) in [5, 5.41) is 7.01. The molecule has 1 aromatic heterocycles. The highest BCUT2D eigenvalue weighted by atomic mass is 35.5. The highest BCUT2D eigenvalue weighted by Crippen LogP contribution is 2.29. The third kappa shape index (κ3) is 5.31. The molecular weight excluding hydrogens is 367 g/mol. The topological polar surface area (TPSA) is 59.1 Å². The number of ether oxygens (including phenoxy) is 1. The summed E-state index contributed by atoms with van der Waals surface area (Å²) in [6.07, 6.45) is 0.758. The lowest BCUT2D eigenvalue weighted by Gasteiger charge is -2.12. The third-order valence-corrected chi connectivity index (χ3v) is 4.13. The third-order valence-electron chi connectivity index (χ3n) is 3.90. The van der Waals surface area contributed by atoms with E-state index in [0.717, 1.165) is 17.7 Å². The van der Waals surface area contributed by atoms with E-state index in [0.29, 0.717) is 34.8 Å². The normalized spacial score (nSPS) is 10.5. The van der Waals surface area contributed by atoms with E-state index in [1.807, 2.05) is 13.0 Å². The molecule has 0 saturated carbocycles. The molecule has 1 heterocycles. The molecule has 27 heavy (non-hydrogen) atoms. The molecule has 0 aliphatic carbocycles. The summed E-state index contributed by atoms with van der Waals surface area (Å²) in [6.45, 7) is 2.56. The van der Waals surface area contributed by atoms with Gasteiger partial charge in [0.15, 0.2) is 0 Å². The fourth-order valence-electron chi connectivity index (χ4n) is 2.60. The summed E-state index contributed by atoms with van der Waals surface area (Å²) < 4.78 is 18.3. The number of halogens is 2. The van der Waals surface area contributed by atoms with Gasteiger partial charge in [-0.05, 0) is 49.2 Å². The minimum Gasteiger partial charge on any atom is -0.495 e. The predicted molar refractivity (Wildman–Crippen MR) is 107 cm³/mol. The Labute approximate surface area is 162 Å². The van der Waals surface area contributed by atoms with Gasteiger partial charge in [-0.15, -0.1) is 0 Å². The Bertz CT molecular complexity index is 918. The highest BCUT2D eigenvalue weighted by Gasteiger charge is 2.08. The molecule has 0 saturated heterocycles. The van der Waals surface area contributed by atoms with Gasteiger partial charge in [-0.2, -0.15) is 4.98 Å². The summed E-state index contributed by atoms with van der Waals surface area (Å²) >= 11 is 6.07. The van der Waals surface area contributed by atoms with E-state index in [1.54, 1.807) is 37.4 Å². The molecule has 140 valence electrons. The number of methoxy groups -OCH3 is 1. The van der Waals surface area contributed by atoms with Crippen LogP contribution in [-0.4, -0.2) is 23.6 Å². The lowest BCUT2D eigenvalue weighted by Crippen LogP contribution is -2.09. The number of benzene rings is 2. The van der Waals surface area contributed by atoms with Crippen LogP contribution < -0.4 is 15.4 Å². The Balaban J connectivity index is 1.69. The second-order valence-corrected chi connectivity index (χ2v) is 6.43. The average Bonchev–Trinajstić information content (AvgIpc) is 2.63. The molecule has 3 rings (SSSR count). The molecule has 0 atom stereocenters. The van der Waals surface area contributed by atoms with Gasteiger partial charge in [0.25, 0.3) is 0 Å². The molecule has 2 aromatic carbocycles. The van der Waals surface area contributed by atoms with Gasteiger partial charge >= 0.3 is 0 Å². The summed E-state index contributed by atoms with van der Waals surface area (Å²) in [7, 11) is 1.59. The molecule has 0 fully saturated rings. The van der Waals surface area contributed by atoms with Gasteiger partial charge in [0.05, 0.1) is 12.8 Å². The Morgan fingerprint density at radius 1 is 1.07 bits per heavy atom. The van der Waals surface area contributed by atoms with Gasteiger partial charge in [-0.1, -0.05) is 23.7 Å². The summed E-state index contributed by atoms with van der Waals surface area (Å²) in [5.74, 6) is 1.56. The minimum atomic E-state index is -0.231. The molecule has 0 aliphatic rings. The molecule has 0 amide bonds. The number of anilines is 3. The van der Waals surface area contributed by atoms with E-state index >= 15 is 0 Å². The molecule has 0 radical (unpaired) electrons. The van der Waals surface area contributed by atoms with Crippen molar-refractivity contribution in [3.05, 3.63) is 70.6 Å². The van der Waals surface area contributed by atoms with Crippen LogP contribution >= 0.6 is 11.6 Å². The van der Waals surface area contributed by atoms with Gasteiger partial charge in [0, 0.05) is 23.3 Å². The van der Waals surface area contributed by atoms with Crippen LogP contribution in [0.25, 0.3) is 0 Å². The van der Waals surface area contributed by atoms with E-state index in [4.69, 9.17) is 16.3 Å². The Kier molecular flexibility index (Phi) is 6.08. The number of hydrogen-bond acceptors (Lipinski definition) is 5. The van der Waals surface area contributed by atoms with Crippen molar-refractivity contribution in [1.82, 2.24) is 9.97 Å². The second-order valence-electron chi connectivity index (χ2n) is 5.99. The minimum absolute atomic E-state index is 0.231. The largest absolute Gasteiger partial charge is 0.495 e. The molecule has 2 N–H and O–H groups in total. The average molecular weight is 387 g/mol. The Hall–Kier alpha value is -2.86. The Morgan fingerprint density at radius 2 is 1.85 bits per heavy atom. The quantitative estimate of drug-likeness (QED) is 0.599. The monoisotopic (exact) mass is 386 g/mol. The SMILES string of the molecule is COc1ccc(Cl)cc1Nc1nc(C)cc(NCCc2ccc(F)cc2)n1. The zero-order valence-corrected chi connectivity index (χ0v) is 15.8. The first-order valence-electron chi connectivity index (χ1n) is 8.48. The van der Waals surface area contributed by atoms with Crippen molar-refractivity contribution in [2.45, 2.75) is 13.3 Å². The first kappa shape index (κ1) is 18.9. The summed E-state index contributed by atoms with van der Waals surface area (Å²) in [6, 6.07) is 13.6. The molecule has 0 bridgehead atoms. The highest BCUT2D eigenvalue weighted by molar-refractivity contribution is 6.31. The number of rotatable bonds is 7. The van der Waals surface area contributed by atoms with Crippen molar-refractivity contribution >= 4 is 29.1 Å². The zero-order chi connectivity index (χ0) is 19.2. The fourth-order valence-corrected chi connectivity index (χ4v) is 2.77. The maximum absolute atomic E-state index is 13.0. The first-order valence-corrected chi connectivity index (χ1v) is 8.86. The molecule has 0 unspecified atom stereocenters. The maximum atomic E-state index is 13.0. The lowest BCUT2D eigenvalue weighted by molar-refractivity contribution is 0.417. The van der Waals surface area contributed by atoms with Crippen molar-refractivity contribution in [1.29, 1.82) is 0 Å². The number of hydrogen-bond donors (Lipinski definition) is 2. The van der Waals surface area contributed by atoms with Crippen LogP contribution in [0.2, 0.25) is 5.02 Å². The second kappa shape index (κ2) is 8.68. The number of aryl methyl sites for hydroxylation is 1. The van der Waals surface area contributed by atoms with E-state index in [2.05, 4.69) is 20.6 Å². The van der Waals surface area contributed by atoms with Gasteiger partial charge in [-0.25, -0.2) is 9.37 Å². The van der Waals surface area contributed by atoms with E-state index < -0.39 is 0 Å². The van der Waals surface area contributed by atoms with Crippen molar-refractivity contribution < 1.29 is 9.13 Å². The van der Waals surface area contributed by atoms with Crippen LogP contribution in [-0.2, 0) is 6.42 Å². The van der Waals surface area contributed by atoms with E-state index in [9.17, 15) is 4.39 Å². The van der Waals surface area contributed by atoms with Crippen molar-refractivity contribution in [3.63, 3.8) is 0 Å². The van der Waals surface area contributed by atoms with Crippen molar-refractivity contribution in [2.75, 3.05) is 24.3 Å². The smallest absolute Gasteiger partial charge is 0.229 e. The van der Waals surface area contributed by atoms with E-state index in [1.165, 1.54) is 12.1 Å². The first-order chi connectivity index (χ1) is 13.0. The van der Waals surface area contributed by atoms with Crippen molar-refractivity contribution in [3.8, 4) is 5.75 Å². The molecule has 5 nitrogen and oxygen atoms in total. The number of nitrogens with one attached hydrogen (secondary N) is 2. The van der Waals surface area contributed by atoms with Crippen LogP contribution in [0.15, 0.2) is 48.5 Å². The fraction of sp³-hybridized carbons (Fsp3) is 0.200. The van der Waals surface area contributed by atoms with Crippen LogP contribution in [0.4, 0.5) is 21.8 Å². The Morgan fingerprint density at radius 3 is 2.59 bits per heavy atom. The standard InChI is InChI=1S/C20H20ClFN4O/c1-13-11-19(23-10-9-14-3-6-16(22)7-4-14)26-20(24-13)25-17-12-15(21)5-8-18(17)27-2/h3-8,11-12H,9-10H2,1-2H3,(H2,23,24,25,26). The summed E-state index contributed by atoms with van der Waals surface area (Å²) in [5.41, 5.74) is 2.56. The van der Waals surface area contributed by atoms with Crippen LogP contribution in [0, 0.1) is 12.7 Å². The van der Waals surface area contributed by atoms with Gasteiger partial charge in [0.1, 0.15) is 17.4 Å². The number of aromatic nitrogens is 2. The van der Waals surface area contributed by atoms with Crippen LogP contribution in [0.1, 0.15) is 11.3 Å². The van der Waals surface area contributed by atoms with Crippen LogP contribution in [0.5, 0.6) is 5.75 Å². The molecule has 3 aromatic rings. The zero-order valence-electron chi connectivity index (χ0n) is 15.1. The molecule has 7 heteroatoms. The van der Waals surface area contributed by atoms with E-state index in [-0.39, 0.29) is 5.82 Å². The predicted octanol–water partition coefficient (Wildman–Crippen LogP) is 4.98. The molecule has 0 spiro atoms. The molecule has 0 aliphatic heterocycles. The van der Waals surface area contributed by atoms with Gasteiger partial charge in [-0.3, -0.25) is 0 Å². The van der Waals surface area contributed by atoms with Crippen LogP contribution in [0.3, 0.4) is 0 Å². The maximum Gasteiger partial charge on any atom is 0.229 e. The lowest BCUT2D eigenvalue weighted by atomic mass is 10.1. The summed E-state index contributed by atoms with van der Waals surface area (Å²) in [4.78, 5) is 8.89. The molecular formula is C20H20ClFN4O.